The van der Waals surface area contributed by atoms with E-state index < -0.39 is 6.10 Å². The van der Waals surface area contributed by atoms with Gasteiger partial charge in [0.05, 0.1) is 25.5 Å². The number of rotatable bonds is 10. The van der Waals surface area contributed by atoms with Gasteiger partial charge in [0.15, 0.2) is 17.6 Å². The molecule has 1 atom stereocenters. The summed E-state index contributed by atoms with van der Waals surface area (Å²) >= 11 is 0. The fourth-order valence-corrected chi connectivity index (χ4v) is 3.55. The molecule has 0 saturated carbocycles. The third-order valence-electron chi connectivity index (χ3n) is 5.59. The predicted octanol–water partition coefficient (Wildman–Crippen LogP) is 4.70. The lowest BCUT2D eigenvalue weighted by Gasteiger charge is -2.18. The van der Waals surface area contributed by atoms with E-state index in [2.05, 4.69) is 10.6 Å². The second-order valence-electron chi connectivity index (χ2n) is 8.26. The van der Waals surface area contributed by atoms with Gasteiger partial charge < -0.3 is 24.8 Å². The van der Waals surface area contributed by atoms with Crippen LogP contribution in [0.3, 0.4) is 0 Å². The molecule has 3 aromatic rings. The van der Waals surface area contributed by atoms with Crippen molar-refractivity contribution in [3.05, 3.63) is 82.9 Å². The maximum absolute atomic E-state index is 12.9. The smallest absolute Gasteiger partial charge is 0.265 e. The Bertz CT molecular complexity index is 1190. The van der Waals surface area contributed by atoms with Gasteiger partial charge in [-0.2, -0.15) is 0 Å². The molecule has 2 amide bonds. The largest absolute Gasteiger partial charge is 0.493 e. The minimum absolute atomic E-state index is 0.274. The molecule has 0 fully saturated rings. The van der Waals surface area contributed by atoms with Crippen LogP contribution in [0, 0.1) is 13.8 Å². The van der Waals surface area contributed by atoms with Gasteiger partial charge in [0.25, 0.3) is 11.8 Å². The maximum Gasteiger partial charge on any atom is 0.265 e. The van der Waals surface area contributed by atoms with Crippen LogP contribution >= 0.6 is 0 Å². The van der Waals surface area contributed by atoms with Gasteiger partial charge in [-0.15, -0.1) is 0 Å². The van der Waals surface area contributed by atoms with Crippen molar-refractivity contribution in [2.24, 2.45) is 0 Å². The molecule has 7 nitrogen and oxygen atoms in total. The fraction of sp³-hybridized carbons (Fsp3) is 0.286. The first-order valence-corrected chi connectivity index (χ1v) is 11.4. The monoisotopic (exact) mass is 476 g/mol. The second kappa shape index (κ2) is 11.9. The number of carbonyl (C=O) groups is 2. The second-order valence-corrected chi connectivity index (χ2v) is 8.26. The summed E-state index contributed by atoms with van der Waals surface area (Å²) in [5, 5.41) is 5.74. The molecule has 3 aromatic carbocycles. The first-order valence-electron chi connectivity index (χ1n) is 11.4. The first-order chi connectivity index (χ1) is 16.8. The molecular formula is C28H32N2O5. The number of hydrogen-bond donors (Lipinski definition) is 2. The summed E-state index contributed by atoms with van der Waals surface area (Å²) in [6.45, 7) is 6.00. The summed E-state index contributed by atoms with van der Waals surface area (Å²) < 4.78 is 16.5. The van der Waals surface area contributed by atoms with Gasteiger partial charge in [-0.25, -0.2) is 0 Å². The Hall–Kier alpha value is -4.00. The zero-order valence-electron chi connectivity index (χ0n) is 20.8. The Morgan fingerprint density at radius 1 is 0.886 bits per heavy atom. The first kappa shape index (κ1) is 25.6. The van der Waals surface area contributed by atoms with Gasteiger partial charge in [-0.3, -0.25) is 9.59 Å². The standard InChI is InChI=1S/C28H32N2O5/c1-18-10-11-19(2)25(16-18)35-20(3)27(31)30-23-9-7-6-8-22(23)28(32)29-15-14-21-12-13-24(33-4)26(17-21)34-5/h6-13,16-17,20H,14-15H2,1-5H3,(H,29,32)(H,30,31)/t20-/m0/s1. The number of aryl methyl sites for hydroxylation is 2. The van der Waals surface area contributed by atoms with Crippen LogP contribution in [0.1, 0.15) is 34.0 Å². The van der Waals surface area contributed by atoms with E-state index in [1.807, 2.05) is 50.2 Å². The third kappa shape index (κ3) is 6.76. The van der Waals surface area contributed by atoms with Gasteiger partial charge in [-0.1, -0.05) is 30.3 Å². The number of benzene rings is 3. The molecule has 0 spiro atoms. The molecule has 0 heterocycles. The number of amides is 2. The van der Waals surface area contributed by atoms with Crippen LogP contribution in [0.5, 0.6) is 17.2 Å². The molecule has 0 radical (unpaired) electrons. The van der Waals surface area contributed by atoms with Crippen molar-refractivity contribution in [3.63, 3.8) is 0 Å². The molecule has 0 aromatic heterocycles. The summed E-state index contributed by atoms with van der Waals surface area (Å²) in [5.41, 5.74) is 3.81. The minimum Gasteiger partial charge on any atom is -0.493 e. The normalized spacial score (nSPS) is 11.3. The molecule has 0 aliphatic heterocycles. The Balaban J connectivity index is 1.61. The van der Waals surface area contributed by atoms with Crippen molar-refractivity contribution in [1.82, 2.24) is 5.32 Å². The highest BCUT2D eigenvalue weighted by Crippen LogP contribution is 2.27. The average Bonchev–Trinajstić information content (AvgIpc) is 2.86. The maximum atomic E-state index is 12.9. The van der Waals surface area contributed by atoms with Crippen LogP contribution in [0.2, 0.25) is 0 Å². The molecular weight excluding hydrogens is 444 g/mol. The third-order valence-corrected chi connectivity index (χ3v) is 5.59. The van der Waals surface area contributed by atoms with Crippen molar-refractivity contribution in [2.45, 2.75) is 33.3 Å². The molecule has 35 heavy (non-hydrogen) atoms. The summed E-state index contributed by atoms with van der Waals surface area (Å²) in [4.78, 5) is 25.7. The Kier molecular flexibility index (Phi) is 8.73. The topological polar surface area (TPSA) is 85.9 Å². The number of para-hydroxylation sites is 1. The van der Waals surface area contributed by atoms with Gasteiger partial charge in [-0.05, 0) is 74.2 Å². The lowest BCUT2D eigenvalue weighted by molar-refractivity contribution is -0.122. The summed E-state index contributed by atoms with van der Waals surface area (Å²) in [6, 6.07) is 18.4. The van der Waals surface area contributed by atoms with E-state index in [-0.39, 0.29) is 11.8 Å². The van der Waals surface area contributed by atoms with E-state index >= 15 is 0 Å². The van der Waals surface area contributed by atoms with E-state index in [0.717, 1.165) is 16.7 Å². The SMILES string of the molecule is COc1ccc(CCNC(=O)c2ccccc2NC(=O)[C@H](C)Oc2cc(C)ccc2C)cc1OC. The number of methoxy groups -OCH3 is 2. The summed E-state index contributed by atoms with van der Waals surface area (Å²) in [5.74, 6) is 1.34. The Labute approximate surface area is 206 Å². The lowest BCUT2D eigenvalue weighted by Crippen LogP contribution is -2.32. The van der Waals surface area contributed by atoms with Gasteiger partial charge in [0.2, 0.25) is 0 Å². The van der Waals surface area contributed by atoms with Crippen LogP contribution in [0.25, 0.3) is 0 Å². The predicted molar refractivity (Wildman–Crippen MR) is 137 cm³/mol. The van der Waals surface area contributed by atoms with E-state index in [1.165, 1.54) is 0 Å². The van der Waals surface area contributed by atoms with E-state index in [1.54, 1.807) is 45.4 Å². The van der Waals surface area contributed by atoms with Crippen LogP contribution < -0.4 is 24.8 Å². The Morgan fingerprint density at radius 3 is 2.37 bits per heavy atom. The fourth-order valence-electron chi connectivity index (χ4n) is 3.55. The molecule has 3 rings (SSSR count). The summed E-state index contributed by atoms with van der Waals surface area (Å²) in [6.07, 6.45) is -0.127. The van der Waals surface area contributed by atoms with Crippen LogP contribution in [0.4, 0.5) is 5.69 Å². The van der Waals surface area contributed by atoms with Crippen molar-refractivity contribution in [2.75, 3.05) is 26.1 Å². The van der Waals surface area contributed by atoms with E-state index in [9.17, 15) is 9.59 Å². The zero-order valence-corrected chi connectivity index (χ0v) is 20.8. The number of ether oxygens (including phenoxy) is 3. The van der Waals surface area contributed by atoms with Crippen LogP contribution in [-0.4, -0.2) is 38.7 Å². The molecule has 0 bridgehead atoms. The Morgan fingerprint density at radius 2 is 1.63 bits per heavy atom. The number of anilines is 1. The van der Waals surface area contributed by atoms with Gasteiger partial charge in [0.1, 0.15) is 5.75 Å². The van der Waals surface area contributed by atoms with Crippen LogP contribution in [-0.2, 0) is 11.2 Å². The lowest BCUT2D eigenvalue weighted by atomic mass is 10.1. The van der Waals surface area contributed by atoms with Gasteiger partial charge in [0, 0.05) is 6.54 Å². The highest BCUT2D eigenvalue weighted by Gasteiger charge is 2.19. The highest BCUT2D eigenvalue weighted by atomic mass is 16.5. The van der Waals surface area contributed by atoms with Crippen molar-refractivity contribution in [1.29, 1.82) is 0 Å². The molecule has 0 unspecified atom stereocenters. The van der Waals surface area contributed by atoms with Crippen molar-refractivity contribution in [3.8, 4) is 17.2 Å². The summed E-state index contributed by atoms with van der Waals surface area (Å²) in [7, 11) is 3.17. The average molecular weight is 477 g/mol. The van der Waals surface area contributed by atoms with Crippen LogP contribution in [0.15, 0.2) is 60.7 Å². The zero-order chi connectivity index (χ0) is 25.4. The number of carbonyl (C=O) groups excluding carboxylic acids is 2. The van der Waals surface area contributed by atoms with Gasteiger partial charge >= 0.3 is 0 Å². The molecule has 0 saturated heterocycles. The van der Waals surface area contributed by atoms with E-state index in [4.69, 9.17) is 14.2 Å². The highest BCUT2D eigenvalue weighted by molar-refractivity contribution is 6.04. The molecule has 0 aliphatic carbocycles. The molecule has 0 aliphatic rings. The number of nitrogens with one attached hydrogen (secondary N) is 2. The minimum atomic E-state index is -0.739. The quantitative estimate of drug-likeness (QED) is 0.443. The molecule has 184 valence electrons. The van der Waals surface area contributed by atoms with Crippen molar-refractivity contribution < 1.29 is 23.8 Å². The van der Waals surface area contributed by atoms with E-state index in [0.29, 0.717) is 41.5 Å². The molecule has 7 heteroatoms. The van der Waals surface area contributed by atoms with Crippen molar-refractivity contribution >= 4 is 17.5 Å². The number of hydrogen-bond acceptors (Lipinski definition) is 5. The molecule has 2 N–H and O–H groups in total.